The van der Waals surface area contributed by atoms with Crippen LogP contribution in [0.1, 0.15) is 36.8 Å². The highest BCUT2D eigenvalue weighted by Crippen LogP contribution is 2.37. The van der Waals surface area contributed by atoms with Gasteiger partial charge in [-0.1, -0.05) is 18.2 Å². The summed E-state index contributed by atoms with van der Waals surface area (Å²) in [5, 5.41) is 11.2. The molecule has 1 N–H and O–H groups in total. The quantitative estimate of drug-likeness (QED) is 0.866. The average molecular weight is 354 g/mol. The molecule has 1 amide bonds. The second-order valence-corrected chi connectivity index (χ2v) is 6.86. The van der Waals surface area contributed by atoms with E-state index in [4.69, 9.17) is 4.74 Å². The zero-order chi connectivity index (χ0) is 18.4. The number of pyridine rings is 1. The number of β-amino-alcohol motifs (C(OH)–C–C–N with tert-alkyl or cyclic N) is 1. The van der Waals surface area contributed by atoms with Gasteiger partial charge in [-0.05, 0) is 49.4 Å². The number of aryl methyl sites for hydroxylation is 1. The number of hydrogen-bond donors (Lipinski definition) is 1. The van der Waals surface area contributed by atoms with Crippen LogP contribution in [0, 0.1) is 0 Å². The van der Waals surface area contributed by atoms with Gasteiger partial charge in [0.25, 0.3) is 0 Å². The van der Waals surface area contributed by atoms with E-state index in [2.05, 4.69) is 4.98 Å². The Balaban J connectivity index is 1.61. The highest BCUT2D eigenvalue weighted by Gasteiger charge is 2.38. The molecule has 0 saturated carbocycles. The predicted octanol–water partition coefficient (Wildman–Crippen LogP) is 2.92. The second kappa shape index (κ2) is 8.32. The molecule has 1 aliphatic rings. The number of carbonyl (C=O) groups excluding carboxylic acids is 1. The first kappa shape index (κ1) is 18.4. The van der Waals surface area contributed by atoms with Gasteiger partial charge in [0, 0.05) is 30.9 Å². The van der Waals surface area contributed by atoms with Crippen LogP contribution < -0.4 is 4.74 Å². The summed E-state index contributed by atoms with van der Waals surface area (Å²) in [5.41, 5.74) is 0.903. The minimum atomic E-state index is -1.05. The number of carbonyl (C=O) groups is 1. The molecule has 1 unspecified atom stereocenters. The molecule has 0 spiro atoms. The van der Waals surface area contributed by atoms with Crippen molar-refractivity contribution in [3.8, 4) is 5.75 Å². The SMILES string of the molecule is COc1ccccc1C1(O)CCCN(C(=O)CCCc2ccncc2)C1. The van der Waals surface area contributed by atoms with Crippen LogP contribution in [0.2, 0.25) is 0 Å². The van der Waals surface area contributed by atoms with Gasteiger partial charge in [0.15, 0.2) is 0 Å². The van der Waals surface area contributed by atoms with Crippen LogP contribution in [0.15, 0.2) is 48.8 Å². The molecule has 1 aromatic carbocycles. The lowest BCUT2D eigenvalue weighted by Gasteiger charge is -2.40. The predicted molar refractivity (Wildman–Crippen MR) is 99.9 cm³/mol. The Hall–Kier alpha value is -2.40. The van der Waals surface area contributed by atoms with Gasteiger partial charge in [-0.15, -0.1) is 0 Å². The molecule has 0 aliphatic carbocycles. The van der Waals surface area contributed by atoms with Crippen molar-refractivity contribution in [3.63, 3.8) is 0 Å². The molecule has 0 bridgehead atoms. The fourth-order valence-corrected chi connectivity index (χ4v) is 3.65. The summed E-state index contributed by atoms with van der Waals surface area (Å²) in [7, 11) is 1.60. The lowest BCUT2D eigenvalue weighted by atomic mass is 9.85. The zero-order valence-corrected chi connectivity index (χ0v) is 15.2. The zero-order valence-electron chi connectivity index (χ0n) is 15.2. The Kier molecular flexibility index (Phi) is 5.89. The molecular weight excluding hydrogens is 328 g/mol. The molecule has 26 heavy (non-hydrogen) atoms. The van der Waals surface area contributed by atoms with Crippen LogP contribution in [-0.2, 0) is 16.8 Å². The smallest absolute Gasteiger partial charge is 0.222 e. The van der Waals surface area contributed by atoms with Gasteiger partial charge in [0.1, 0.15) is 11.4 Å². The molecule has 2 heterocycles. The number of piperidine rings is 1. The summed E-state index contributed by atoms with van der Waals surface area (Å²) in [6, 6.07) is 11.5. The van der Waals surface area contributed by atoms with Crippen molar-refractivity contribution in [3.05, 3.63) is 59.9 Å². The largest absolute Gasteiger partial charge is 0.496 e. The molecule has 1 aliphatic heterocycles. The maximum Gasteiger partial charge on any atom is 0.222 e. The first-order chi connectivity index (χ1) is 12.6. The van der Waals surface area contributed by atoms with Gasteiger partial charge in [0.2, 0.25) is 5.91 Å². The second-order valence-electron chi connectivity index (χ2n) is 6.86. The van der Waals surface area contributed by atoms with Crippen molar-refractivity contribution >= 4 is 5.91 Å². The van der Waals surface area contributed by atoms with Gasteiger partial charge < -0.3 is 14.7 Å². The van der Waals surface area contributed by atoms with E-state index < -0.39 is 5.60 Å². The average Bonchev–Trinajstić information content (AvgIpc) is 2.68. The van der Waals surface area contributed by atoms with Crippen LogP contribution >= 0.6 is 0 Å². The minimum Gasteiger partial charge on any atom is -0.496 e. The Morgan fingerprint density at radius 3 is 2.81 bits per heavy atom. The molecule has 1 saturated heterocycles. The number of para-hydroxylation sites is 1. The number of aromatic nitrogens is 1. The number of ether oxygens (including phenoxy) is 1. The van der Waals surface area contributed by atoms with Crippen LogP contribution in [0.5, 0.6) is 5.75 Å². The van der Waals surface area contributed by atoms with Crippen LogP contribution in [0.4, 0.5) is 0 Å². The Labute approximate surface area is 154 Å². The molecule has 1 aromatic heterocycles. The molecule has 2 aromatic rings. The Morgan fingerprint density at radius 1 is 1.27 bits per heavy atom. The summed E-state index contributed by atoms with van der Waals surface area (Å²) in [5.74, 6) is 0.772. The van der Waals surface area contributed by atoms with Gasteiger partial charge in [-0.2, -0.15) is 0 Å². The summed E-state index contributed by atoms with van der Waals surface area (Å²) < 4.78 is 5.40. The third-order valence-electron chi connectivity index (χ3n) is 5.04. The van der Waals surface area contributed by atoms with E-state index in [0.717, 1.165) is 24.8 Å². The number of hydrogen-bond acceptors (Lipinski definition) is 4. The fraction of sp³-hybridized carbons (Fsp3) is 0.429. The van der Waals surface area contributed by atoms with Gasteiger partial charge >= 0.3 is 0 Å². The van der Waals surface area contributed by atoms with Gasteiger partial charge in [-0.25, -0.2) is 0 Å². The van der Waals surface area contributed by atoms with Crippen LogP contribution in [0.25, 0.3) is 0 Å². The first-order valence-electron chi connectivity index (χ1n) is 9.15. The van der Waals surface area contributed by atoms with Crippen molar-refractivity contribution in [2.75, 3.05) is 20.2 Å². The Bertz CT molecular complexity index is 735. The molecule has 138 valence electrons. The lowest BCUT2D eigenvalue weighted by molar-refractivity contribution is -0.139. The van der Waals surface area contributed by atoms with E-state index in [1.54, 1.807) is 24.4 Å². The highest BCUT2D eigenvalue weighted by atomic mass is 16.5. The third kappa shape index (κ3) is 4.22. The van der Waals surface area contributed by atoms with Crippen molar-refractivity contribution in [2.24, 2.45) is 0 Å². The Morgan fingerprint density at radius 2 is 2.04 bits per heavy atom. The standard InChI is InChI=1S/C21H26N2O3/c1-26-19-8-3-2-7-18(19)21(25)12-5-15-23(16-21)20(24)9-4-6-17-10-13-22-14-11-17/h2-3,7-8,10-11,13-14,25H,4-6,9,12,15-16H2,1H3. The van der Waals surface area contributed by atoms with Crippen molar-refractivity contribution in [1.29, 1.82) is 0 Å². The molecular formula is C21H26N2O3. The normalized spacial score (nSPS) is 20.0. The van der Waals surface area contributed by atoms with E-state index in [0.29, 0.717) is 31.7 Å². The molecule has 5 nitrogen and oxygen atoms in total. The third-order valence-corrected chi connectivity index (χ3v) is 5.04. The topological polar surface area (TPSA) is 62.7 Å². The van der Waals surface area contributed by atoms with Crippen LogP contribution in [-0.4, -0.2) is 41.1 Å². The molecule has 5 heteroatoms. The van der Waals surface area contributed by atoms with Crippen molar-refractivity contribution < 1.29 is 14.6 Å². The molecule has 0 radical (unpaired) electrons. The number of rotatable bonds is 6. The van der Waals surface area contributed by atoms with E-state index >= 15 is 0 Å². The summed E-state index contributed by atoms with van der Waals surface area (Å²) in [6.45, 7) is 1.02. The number of nitrogens with zero attached hydrogens (tertiary/aromatic N) is 2. The number of likely N-dealkylation sites (tertiary alicyclic amines) is 1. The first-order valence-corrected chi connectivity index (χ1v) is 9.15. The van der Waals surface area contributed by atoms with E-state index in [9.17, 15) is 9.90 Å². The monoisotopic (exact) mass is 354 g/mol. The summed E-state index contributed by atoms with van der Waals surface area (Å²) in [6.07, 6.45) is 7.11. The van der Waals surface area contributed by atoms with Crippen LogP contribution in [0.3, 0.4) is 0 Å². The number of benzene rings is 1. The van der Waals surface area contributed by atoms with Gasteiger partial charge in [-0.3, -0.25) is 9.78 Å². The lowest BCUT2D eigenvalue weighted by Crippen LogP contribution is -2.48. The van der Waals surface area contributed by atoms with Gasteiger partial charge in [0.05, 0.1) is 13.7 Å². The van der Waals surface area contributed by atoms with E-state index in [1.807, 2.05) is 36.4 Å². The summed E-state index contributed by atoms with van der Waals surface area (Å²) >= 11 is 0. The molecule has 1 atom stereocenters. The number of amides is 1. The maximum atomic E-state index is 12.6. The van der Waals surface area contributed by atoms with Crippen molar-refractivity contribution in [2.45, 2.75) is 37.7 Å². The minimum absolute atomic E-state index is 0.104. The number of aliphatic hydroxyl groups is 1. The fourth-order valence-electron chi connectivity index (χ4n) is 3.65. The molecule has 1 fully saturated rings. The number of methoxy groups -OCH3 is 1. The maximum absolute atomic E-state index is 12.6. The van der Waals surface area contributed by atoms with E-state index in [-0.39, 0.29) is 5.91 Å². The van der Waals surface area contributed by atoms with E-state index in [1.165, 1.54) is 5.56 Å². The van der Waals surface area contributed by atoms with Crippen molar-refractivity contribution in [1.82, 2.24) is 9.88 Å². The highest BCUT2D eigenvalue weighted by molar-refractivity contribution is 5.76. The molecule has 3 rings (SSSR count). The summed E-state index contributed by atoms with van der Waals surface area (Å²) in [4.78, 5) is 18.4.